The number of thioether (sulfide) groups is 1. The number of hydrogen-bond acceptors (Lipinski definition) is 4. The average molecular weight is 561 g/mol. The summed E-state index contributed by atoms with van der Waals surface area (Å²) in [6, 6.07) is 20.5. The van der Waals surface area contributed by atoms with Crippen molar-refractivity contribution in [2.75, 3.05) is 17.2 Å². The van der Waals surface area contributed by atoms with Gasteiger partial charge < -0.3 is 5.32 Å². The molecule has 6 nitrogen and oxygen atoms in total. The quantitative estimate of drug-likeness (QED) is 0.292. The molecule has 1 aliphatic heterocycles. The molecule has 2 atom stereocenters. The third kappa shape index (κ3) is 5.51. The Morgan fingerprint density at radius 2 is 1.82 bits per heavy atom. The highest BCUT2D eigenvalue weighted by Gasteiger charge is 2.38. The zero-order valence-corrected chi connectivity index (χ0v) is 23.3. The van der Waals surface area contributed by atoms with Gasteiger partial charge in [-0.05, 0) is 38.5 Å². The first-order valence-electron chi connectivity index (χ1n) is 13.2. The van der Waals surface area contributed by atoms with Crippen LogP contribution in [-0.2, 0) is 9.59 Å². The maximum atomic E-state index is 15.3. The third-order valence-electron chi connectivity index (χ3n) is 6.98. The third-order valence-corrected chi connectivity index (χ3v) is 8.22. The van der Waals surface area contributed by atoms with Crippen LogP contribution in [0.25, 0.3) is 16.9 Å². The van der Waals surface area contributed by atoms with E-state index in [9.17, 15) is 14.0 Å². The van der Waals surface area contributed by atoms with Gasteiger partial charge in [-0.2, -0.15) is 5.10 Å². The van der Waals surface area contributed by atoms with Crippen molar-refractivity contribution in [3.63, 3.8) is 0 Å². The van der Waals surface area contributed by atoms with Crippen LogP contribution in [-0.4, -0.2) is 39.9 Å². The van der Waals surface area contributed by atoms with E-state index in [2.05, 4.69) is 5.32 Å². The molecule has 3 aromatic carbocycles. The Hall–Kier alpha value is -3.98. The summed E-state index contributed by atoms with van der Waals surface area (Å²) < 4.78 is 30.9. The van der Waals surface area contributed by atoms with Crippen molar-refractivity contribution in [3.8, 4) is 16.9 Å². The second kappa shape index (κ2) is 11.6. The topological polar surface area (TPSA) is 67.2 Å². The molecule has 9 heteroatoms. The number of hydrogen-bond donors (Lipinski definition) is 1. The smallest absolute Gasteiger partial charge is 0.240 e. The van der Waals surface area contributed by atoms with E-state index in [1.54, 1.807) is 4.68 Å². The van der Waals surface area contributed by atoms with E-state index >= 15 is 4.39 Å². The summed E-state index contributed by atoms with van der Waals surface area (Å²) in [6.45, 7) is 5.63. The number of fused-ring (bicyclic) bond motifs is 1. The number of amides is 2. The molecule has 0 saturated carbocycles. The van der Waals surface area contributed by atoms with Gasteiger partial charge in [0.1, 0.15) is 24.0 Å². The Balaban J connectivity index is 1.79. The normalized spacial score (nSPS) is 15.9. The number of anilines is 1. The summed E-state index contributed by atoms with van der Waals surface area (Å²) in [5.41, 5.74) is 3.90. The second-order valence-electron chi connectivity index (χ2n) is 9.91. The highest BCUT2D eigenvalue weighted by molar-refractivity contribution is 8.00. The number of nitrogens with zero attached hydrogens (tertiary/aromatic N) is 3. The van der Waals surface area contributed by atoms with Gasteiger partial charge in [0.05, 0.1) is 22.4 Å². The van der Waals surface area contributed by atoms with Crippen LogP contribution in [0.3, 0.4) is 0 Å². The van der Waals surface area contributed by atoms with Crippen molar-refractivity contribution < 1.29 is 18.4 Å². The van der Waals surface area contributed by atoms with E-state index in [4.69, 9.17) is 5.10 Å². The van der Waals surface area contributed by atoms with E-state index in [0.717, 1.165) is 23.6 Å². The summed E-state index contributed by atoms with van der Waals surface area (Å²) in [6.07, 6.45) is 0.742. The highest BCUT2D eigenvalue weighted by atomic mass is 32.2. The molecule has 1 aliphatic rings. The molecule has 40 heavy (non-hydrogen) atoms. The zero-order valence-electron chi connectivity index (χ0n) is 22.5. The zero-order chi connectivity index (χ0) is 28.4. The summed E-state index contributed by atoms with van der Waals surface area (Å²) in [5, 5.41) is 7.23. The van der Waals surface area contributed by atoms with E-state index in [1.165, 1.54) is 28.8 Å². The number of aryl methyl sites for hydroxylation is 1. The van der Waals surface area contributed by atoms with Gasteiger partial charge in [0.15, 0.2) is 0 Å². The molecule has 0 radical (unpaired) electrons. The van der Waals surface area contributed by atoms with Gasteiger partial charge in [-0.3, -0.25) is 14.5 Å². The number of aromatic nitrogens is 2. The largest absolute Gasteiger partial charge is 0.352 e. The minimum Gasteiger partial charge on any atom is -0.352 e. The summed E-state index contributed by atoms with van der Waals surface area (Å²) in [4.78, 5) is 28.3. The number of halogens is 2. The van der Waals surface area contributed by atoms with Crippen molar-refractivity contribution in [2.24, 2.45) is 0 Å². The minimum absolute atomic E-state index is 0.00506. The Bertz CT molecular complexity index is 1540. The number of nitrogens with one attached hydrogen (secondary N) is 1. The molecule has 1 aromatic heterocycles. The fraction of sp³-hybridized carbons (Fsp3) is 0.258. The van der Waals surface area contributed by atoms with Crippen molar-refractivity contribution in [1.29, 1.82) is 0 Å². The van der Waals surface area contributed by atoms with Crippen LogP contribution in [0, 0.1) is 18.6 Å². The van der Waals surface area contributed by atoms with Crippen LogP contribution < -0.4 is 10.2 Å². The predicted molar refractivity (Wildman–Crippen MR) is 155 cm³/mol. The molecule has 206 valence electrons. The molecule has 0 bridgehead atoms. The molecular weight excluding hydrogens is 530 g/mol. The molecule has 0 saturated heterocycles. The first kappa shape index (κ1) is 27.6. The van der Waals surface area contributed by atoms with Crippen LogP contribution in [0.2, 0.25) is 0 Å². The second-order valence-corrected chi connectivity index (χ2v) is 11.0. The molecule has 2 heterocycles. The van der Waals surface area contributed by atoms with Crippen LogP contribution in [0.15, 0.2) is 72.8 Å². The van der Waals surface area contributed by atoms with Crippen LogP contribution in [0.1, 0.15) is 42.2 Å². The maximum Gasteiger partial charge on any atom is 0.240 e. The van der Waals surface area contributed by atoms with E-state index in [-0.39, 0.29) is 35.7 Å². The lowest BCUT2D eigenvalue weighted by molar-refractivity contribution is -0.123. The van der Waals surface area contributed by atoms with Gasteiger partial charge in [-0.1, -0.05) is 61.0 Å². The van der Waals surface area contributed by atoms with E-state index < -0.39 is 16.9 Å². The molecule has 4 aromatic rings. The molecule has 0 spiro atoms. The lowest BCUT2D eigenvalue weighted by atomic mass is 9.99. The van der Waals surface area contributed by atoms with Crippen molar-refractivity contribution in [1.82, 2.24) is 15.1 Å². The molecular formula is C31H30F2N4O2S. The van der Waals surface area contributed by atoms with Crippen LogP contribution in [0.5, 0.6) is 0 Å². The summed E-state index contributed by atoms with van der Waals surface area (Å²) in [7, 11) is 0. The number of carbonyl (C=O) groups is 2. The summed E-state index contributed by atoms with van der Waals surface area (Å²) in [5.74, 6) is -1.61. The first-order valence-corrected chi connectivity index (χ1v) is 14.2. The lowest BCUT2D eigenvalue weighted by Crippen LogP contribution is -2.44. The fourth-order valence-electron chi connectivity index (χ4n) is 4.72. The molecule has 1 N–H and O–H groups in total. The number of rotatable bonds is 7. The van der Waals surface area contributed by atoms with Crippen molar-refractivity contribution in [2.45, 2.75) is 38.5 Å². The lowest BCUT2D eigenvalue weighted by Gasteiger charge is -2.24. The fourth-order valence-corrected chi connectivity index (χ4v) is 5.94. The monoisotopic (exact) mass is 560 g/mol. The van der Waals surface area contributed by atoms with Crippen LogP contribution >= 0.6 is 11.8 Å². The molecule has 0 unspecified atom stereocenters. The number of benzene rings is 3. The maximum absolute atomic E-state index is 15.3. The number of carbonyl (C=O) groups excluding carboxylic acids is 2. The average Bonchev–Trinajstić information content (AvgIpc) is 3.27. The Morgan fingerprint density at radius 1 is 1.10 bits per heavy atom. The standard InChI is InChI=1S/C31H30F2N4O2S/c1-4-20(3)34-26(38)17-36-27(39)18-40-30(24-15-12-22(32)16-25(24)33)28-29(21-8-6-5-7-9-21)35-37(31(28)36)23-13-10-19(2)11-14-23/h5-16,20,30H,4,17-18H2,1-3H3,(H,34,38)/t20-,30-/m0/s1. The van der Waals surface area contributed by atoms with Gasteiger partial charge in [0.25, 0.3) is 0 Å². The van der Waals surface area contributed by atoms with Gasteiger partial charge in [-0.25, -0.2) is 13.5 Å². The Kier molecular flexibility index (Phi) is 8.02. The molecule has 2 amide bonds. The van der Waals surface area contributed by atoms with Crippen molar-refractivity contribution >= 4 is 29.4 Å². The van der Waals surface area contributed by atoms with Crippen molar-refractivity contribution in [3.05, 3.63) is 101 Å². The molecule has 0 fully saturated rings. The van der Waals surface area contributed by atoms with E-state index in [1.807, 2.05) is 75.4 Å². The Labute approximate surface area is 236 Å². The van der Waals surface area contributed by atoms with Gasteiger partial charge in [0, 0.05) is 28.8 Å². The van der Waals surface area contributed by atoms with Gasteiger partial charge in [0.2, 0.25) is 11.8 Å². The Morgan fingerprint density at radius 3 is 2.50 bits per heavy atom. The van der Waals surface area contributed by atoms with Crippen LogP contribution in [0.4, 0.5) is 14.6 Å². The highest BCUT2D eigenvalue weighted by Crippen LogP contribution is 2.49. The molecule has 5 rings (SSSR count). The van der Waals surface area contributed by atoms with Gasteiger partial charge >= 0.3 is 0 Å². The predicted octanol–water partition coefficient (Wildman–Crippen LogP) is 6.21. The van der Waals surface area contributed by atoms with E-state index in [0.29, 0.717) is 22.8 Å². The SMILES string of the molecule is CC[C@H](C)NC(=O)CN1C(=O)CS[C@@H](c2ccc(F)cc2F)c2c(-c3ccccc3)nn(-c3ccc(C)cc3)c21. The first-order chi connectivity index (χ1) is 19.3. The van der Waals surface area contributed by atoms with Gasteiger partial charge in [-0.15, -0.1) is 11.8 Å². The minimum atomic E-state index is -0.707. The molecule has 0 aliphatic carbocycles. The summed E-state index contributed by atoms with van der Waals surface area (Å²) >= 11 is 1.24.